The van der Waals surface area contributed by atoms with Crippen LogP contribution in [0.5, 0.6) is 0 Å². The molecule has 0 aromatic heterocycles. The third-order valence-electron chi connectivity index (χ3n) is 2.50. The molecule has 1 rings (SSSR count). The molecule has 0 aliphatic carbocycles. The fourth-order valence-electron chi connectivity index (χ4n) is 1.92. The Balaban J connectivity index is 2.55. The smallest absolute Gasteiger partial charge is 0.189 e. The van der Waals surface area contributed by atoms with Crippen molar-refractivity contribution >= 4 is 5.96 Å². The summed E-state index contributed by atoms with van der Waals surface area (Å²) in [6.07, 6.45) is 1.88. The molecule has 3 N–H and O–H groups in total. The first kappa shape index (κ1) is 13.3. The van der Waals surface area contributed by atoms with Crippen LogP contribution in [-0.4, -0.2) is 29.7 Å². The molecule has 1 aliphatic heterocycles. The number of nitrogens with zero attached hydrogens (tertiary/aromatic N) is 1. The van der Waals surface area contributed by atoms with Gasteiger partial charge in [-0.3, -0.25) is 0 Å². The Bertz CT molecular complexity index is 266. The van der Waals surface area contributed by atoms with Crippen LogP contribution in [0.15, 0.2) is 4.99 Å². The Kier molecular flexibility index (Phi) is 3.84. The van der Waals surface area contributed by atoms with E-state index in [9.17, 15) is 0 Å². The maximum atomic E-state index is 5.88. The predicted octanol–water partition coefficient (Wildman–Crippen LogP) is 1.65. The fraction of sp³-hybridized carbons (Fsp3) is 0.917. The predicted molar refractivity (Wildman–Crippen MR) is 67.6 cm³/mol. The van der Waals surface area contributed by atoms with Crippen LogP contribution in [-0.2, 0) is 4.74 Å². The van der Waals surface area contributed by atoms with Crippen LogP contribution in [0.4, 0.5) is 0 Å². The lowest BCUT2D eigenvalue weighted by Gasteiger charge is -2.34. The van der Waals surface area contributed by atoms with E-state index in [2.05, 4.69) is 44.9 Å². The van der Waals surface area contributed by atoms with Gasteiger partial charge in [0, 0.05) is 12.1 Å². The van der Waals surface area contributed by atoms with Gasteiger partial charge >= 0.3 is 0 Å². The third-order valence-corrected chi connectivity index (χ3v) is 2.50. The first-order valence-corrected chi connectivity index (χ1v) is 5.93. The van der Waals surface area contributed by atoms with E-state index in [0.29, 0.717) is 5.96 Å². The topological polar surface area (TPSA) is 59.6 Å². The molecule has 0 aromatic rings. The zero-order valence-electron chi connectivity index (χ0n) is 11.1. The summed E-state index contributed by atoms with van der Waals surface area (Å²) in [6.45, 7) is 11.2. The number of hydrogen-bond donors (Lipinski definition) is 2. The molecule has 0 radical (unpaired) electrons. The average molecular weight is 227 g/mol. The molecule has 1 atom stereocenters. The molecule has 0 amide bonds. The number of guanidine groups is 1. The molecule has 0 bridgehead atoms. The Hall–Kier alpha value is -0.770. The van der Waals surface area contributed by atoms with Gasteiger partial charge in [0.2, 0.25) is 0 Å². The summed E-state index contributed by atoms with van der Waals surface area (Å²) < 4.78 is 5.65. The van der Waals surface area contributed by atoms with Gasteiger partial charge in [-0.2, -0.15) is 0 Å². The summed E-state index contributed by atoms with van der Waals surface area (Å²) in [6, 6.07) is 0.276. The van der Waals surface area contributed by atoms with Crippen molar-refractivity contribution in [2.75, 3.05) is 6.61 Å². The van der Waals surface area contributed by atoms with Gasteiger partial charge in [0.05, 0.1) is 11.6 Å². The van der Waals surface area contributed by atoms with E-state index in [0.717, 1.165) is 19.4 Å². The second-order valence-electron chi connectivity index (χ2n) is 6.14. The summed E-state index contributed by atoms with van der Waals surface area (Å²) in [7, 11) is 0. The lowest BCUT2D eigenvalue weighted by Crippen LogP contribution is -2.46. The Morgan fingerprint density at radius 2 is 2.06 bits per heavy atom. The zero-order valence-corrected chi connectivity index (χ0v) is 11.1. The van der Waals surface area contributed by atoms with E-state index in [1.807, 2.05) is 0 Å². The van der Waals surface area contributed by atoms with Gasteiger partial charge in [0.25, 0.3) is 0 Å². The first-order chi connectivity index (χ1) is 7.18. The van der Waals surface area contributed by atoms with Gasteiger partial charge in [0.15, 0.2) is 5.96 Å². The van der Waals surface area contributed by atoms with Crippen LogP contribution < -0.4 is 11.1 Å². The van der Waals surface area contributed by atoms with E-state index in [1.54, 1.807) is 0 Å². The second kappa shape index (κ2) is 4.62. The highest BCUT2D eigenvalue weighted by Gasteiger charge is 2.28. The van der Waals surface area contributed by atoms with Crippen LogP contribution in [0.25, 0.3) is 0 Å². The highest BCUT2D eigenvalue weighted by atomic mass is 16.5. The van der Waals surface area contributed by atoms with Crippen molar-refractivity contribution < 1.29 is 4.74 Å². The fourth-order valence-corrected chi connectivity index (χ4v) is 1.92. The van der Waals surface area contributed by atoms with Crippen molar-refractivity contribution in [3.63, 3.8) is 0 Å². The normalized spacial score (nSPS) is 26.6. The highest BCUT2D eigenvalue weighted by Crippen LogP contribution is 2.25. The Morgan fingerprint density at radius 1 is 1.44 bits per heavy atom. The van der Waals surface area contributed by atoms with E-state index < -0.39 is 0 Å². The molecule has 4 nitrogen and oxygen atoms in total. The third kappa shape index (κ3) is 4.84. The quantitative estimate of drug-likeness (QED) is 0.529. The molecule has 1 unspecified atom stereocenters. The molecule has 1 aliphatic rings. The van der Waals surface area contributed by atoms with Gasteiger partial charge in [-0.25, -0.2) is 4.99 Å². The van der Waals surface area contributed by atoms with Crippen LogP contribution >= 0.6 is 0 Å². The molecule has 1 fully saturated rings. The zero-order chi connectivity index (χ0) is 12.4. The van der Waals surface area contributed by atoms with Gasteiger partial charge in [0.1, 0.15) is 0 Å². The Morgan fingerprint density at radius 3 is 2.56 bits per heavy atom. The van der Waals surface area contributed by atoms with Crippen molar-refractivity contribution in [3.05, 3.63) is 0 Å². The molecule has 0 saturated carbocycles. The molecule has 94 valence electrons. The summed E-state index contributed by atoms with van der Waals surface area (Å²) in [5.74, 6) is 0.537. The molecular formula is C12H25N3O. The van der Waals surface area contributed by atoms with Crippen molar-refractivity contribution in [2.24, 2.45) is 10.7 Å². The van der Waals surface area contributed by atoms with Crippen LogP contribution in [0.3, 0.4) is 0 Å². The minimum absolute atomic E-state index is 0.0335. The second-order valence-corrected chi connectivity index (χ2v) is 6.14. The number of rotatable bonds is 1. The SMILES string of the molecule is CC(C)(C)NC(N)=NC1CCOC(C)(C)C1. The van der Waals surface area contributed by atoms with Crippen LogP contribution in [0.2, 0.25) is 0 Å². The Labute approximate surface area is 98.6 Å². The number of hydrogen-bond acceptors (Lipinski definition) is 2. The molecule has 0 spiro atoms. The first-order valence-electron chi connectivity index (χ1n) is 5.93. The van der Waals surface area contributed by atoms with Gasteiger partial charge in [-0.05, 0) is 47.5 Å². The lowest BCUT2D eigenvalue weighted by atomic mass is 9.94. The maximum absolute atomic E-state index is 5.88. The minimum atomic E-state index is -0.0750. The maximum Gasteiger partial charge on any atom is 0.189 e. The molecule has 1 saturated heterocycles. The highest BCUT2D eigenvalue weighted by molar-refractivity contribution is 5.78. The van der Waals surface area contributed by atoms with E-state index in [-0.39, 0.29) is 17.2 Å². The van der Waals surface area contributed by atoms with E-state index in [4.69, 9.17) is 10.5 Å². The van der Waals surface area contributed by atoms with Crippen molar-refractivity contribution in [1.29, 1.82) is 0 Å². The van der Waals surface area contributed by atoms with Gasteiger partial charge in [-0.1, -0.05) is 0 Å². The van der Waals surface area contributed by atoms with E-state index >= 15 is 0 Å². The summed E-state index contributed by atoms with van der Waals surface area (Å²) >= 11 is 0. The summed E-state index contributed by atoms with van der Waals surface area (Å²) in [5.41, 5.74) is 5.77. The molecule has 4 heteroatoms. The minimum Gasteiger partial charge on any atom is -0.375 e. The lowest BCUT2D eigenvalue weighted by molar-refractivity contribution is -0.0576. The number of nitrogens with one attached hydrogen (secondary N) is 1. The molecule has 0 aromatic carbocycles. The molecular weight excluding hydrogens is 202 g/mol. The molecule has 1 heterocycles. The number of aliphatic imine (C=N–C) groups is 1. The van der Waals surface area contributed by atoms with E-state index in [1.165, 1.54) is 0 Å². The van der Waals surface area contributed by atoms with Crippen LogP contribution in [0, 0.1) is 0 Å². The standard InChI is InChI=1S/C12H25N3O/c1-11(2,3)15-10(13)14-9-6-7-16-12(4,5)8-9/h9H,6-8H2,1-5H3,(H3,13,14,15). The van der Waals surface area contributed by atoms with Crippen molar-refractivity contribution in [2.45, 2.75) is 64.6 Å². The molecule has 16 heavy (non-hydrogen) atoms. The summed E-state index contributed by atoms with van der Waals surface area (Å²) in [4.78, 5) is 4.52. The monoisotopic (exact) mass is 227 g/mol. The largest absolute Gasteiger partial charge is 0.375 e. The van der Waals surface area contributed by atoms with Crippen molar-refractivity contribution in [1.82, 2.24) is 5.32 Å². The van der Waals surface area contributed by atoms with Crippen molar-refractivity contribution in [3.8, 4) is 0 Å². The number of nitrogens with two attached hydrogens (primary N) is 1. The average Bonchev–Trinajstić information content (AvgIpc) is 1.96. The van der Waals surface area contributed by atoms with Gasteiger partial charge in [-0.15, -0.1) is 0 Å². The van der Waals surface area contributed by atoms with Crippen LogP contribution in [0.1, 0.15) is 47.5 Å². The summed E-state index contributed by atoms with van der Waals surface area (Å²) in [5, 5.41) is 3.18. The number of ether oxygens (including phenoxy) is 1. The van der Waals surface area contributed by atoms with Gasteiger partial charge < -0.3 is 15.8 Å².